The van der Waals surface area contributed by atoms with E-state index >= 15 is 0 Å². The van der Waals surface area contributed by atoms with Crippen molar-refractivity contribution in [3.63, 3.8) is 0 Å². The van der Waals surface area contributed by atoms with Crippen LogP contribution in [0.5, 0.6) is 0 Å². The molecule has 4 rings (SSSR count). The van der Waals surface area contributed by atoms with Gasteiger partial charge in [0.25, 0.3) is 11.5 Å². The Morgan fingerprint density at radius 3 is 2.63 bits per heavy atom. The Labute approximate surface area is 182 Å². The zero-order valence-electron chi connectivity index (χ0n) is 16.9. The Morgan fingerprint density at radius 2 is 1.90 bits per heavy atom. The van der Waals surface area contributed by atoms with Crippen LogP contribution in [-0.2, 0) is 6.54 Å². The number of nitrogens with one attached hydrogen (secondary N) is 1. The number of hydrogen-bond donors (Lipinski definition) is 1. The van der Waals surface area contributed by atoms with Crippen molar-refractivity contribution in [1.82, 2.24) is 9.55 Å². The molecule has 0 spiro atoms. The molecule has 0 aliphatic heterocycles. The van der Waals surface area contributed by atoms with Crippen molar-refractivity contribution in [1.29, 1.82) is 0 Å². The molecule has 0 fully saturated rings. The maximum atomic E-state index is 12.9. The third-order valence-corrected chi connectivity index (χ3v) is 6.58. The third-order valence-electron chi connectivity index (χ3n) is 4.69. The molecule has 0 saturated heterocycles. The molecule has 1 N–H and O–H groups in total. The zero-order chi connectivity index (χ0) is 21.3. The molecule has 7 heteroatoms. The predicted molar refractivity (Wildman–Crippen MR) is 124 cm³/mol. The van der Waals surface area contributed by atoms with Crippen LogP contribution in [0.1, 0.15) is 31.2 Å². The third kappa shape index (κ3) is 4.27. The van der Waals surface area contributed by atoms with Gasteiger partial charge in [-0.05, 0) is 50.6 Å². The van der Waals surface area contributed by atoms with E-state index in [9.17, 15) is 9.59 Å². The van der Waals surface area contributed by atoms with Gasteiger partial charge in [0.05, 0.1) is 17.1 Å². The average Bonchev–Trinajstić information content (AvgIpc) is 3.28. The van der Waals surface area contributed by atoms with Gasteiger partial charge in [0.2, 0.25) is 0 Å². The van der Waals surface area contributed by atoms with E-state index in [2.05, 4.69) is 23.3 Å². The number of rotatable bonds is 5. The molecule has 1 aromatic carbocycles. The Morgan fingerprint density at radius 1 is 1.07 bits per heavy atom. The second-order valence-electron chi connectivity index (χ2n) is 7.13. The molecule has 0 radical (unpaired) electrons. The van der Waals surface area contributed by atoms with E-state index in [0.29, 0.717) is 11.7 Å². The lowest BCUT2D eigenvalue weighted by Crippen LogP contribution is -2.29. The fourth-order valence-corrected chi connectivity index (χ4v) is 5.05. The number of aryl methyl sites for hydroxylation is 3. The van der Waals surface area contributed by atoms with Crippen LogP contribution in [-0.4, -0.2) is 15.5 Å². The summed E-state index contributed by atoms with van der Waals surface area (Å²) in [6.07, 6.45) is 1.70. The summed E-state index contributed by atoms with van der Waals surface area (Å²) in [6, 6.07) is 15.3. The largest absolute Gasteiger partial charge is 0.310 e. The molecule has 0 atom stereocenters. The van der Waals surface area contributed by atoms with Gasteiger partial charge in [0.1, 0.15) is 5.56 Å². The quantitative estimate of drug-likeness (QED) is 0.465. The standard InChI is InChI=1S/C23H21N3O2S2/c1-14-6-4-7-17(12-14)13-26-11-5-8-18(22(26)28)21(27)25-23-24-20(16(3)30-23)19-10-9-15(2)29-19/h4-12H,13H2,1-3H3,(H,24,25,27). The van der Waals surface area contributed by atoms with Crippen molar-refractivity contribution >= 4 is 33.7 Å². The van der Waals surface area contributed by atoms with Crippen molar-refractivity contribution in [2.45, 2.75) is 27.3 Å². The molecule has 4 aromatic rings. The first kappa shape index (κ1) is 20.3. The summed E-state index contributed by atoms with van der Waals surface area (Å²) >= 11 is 3.08. The molecular weight excluding hydrogens is 414 g/mol. The lowest BCUT2D eigenvalue weighted by Gasteiger charge is -2.08. The van der Waals surface area contributed by atoms with E-state index in [0.717, 1.165) is 26.6 Å². The average molecular weight is 436 g/mol. The van der Waals surface area contributed by atoms with Crippen molar-refractivity contribution in [2.24, 2.45) is 0 Å². The molecular formula is C23H21N3O2S2. The van der Waals surface area contributed by atoms with E-state index < -0.39 is 5.91 Å². The number of nitrogens with zero attached hydrogens (tertiary/aromatic N) is 2. The van der Waals surface area contributed by atoms with E-state index in [1.807, 2.05) is 44.2 Å². The van der Waals surface area contributed by atoms with Gasteiger partial charge in [-0.25, -0.2) is 4.98 Å². The Bertz CT molecular complexity index is 1280. The van der Waals surface area contributed by atoms with Gasteiger partial charge in [-0.3, -0.25) is 14.9 Å². The van der Waals surface area contributed by atoms with Crippen LogP contribution in [0.25, 0.3) is 10.6 Å². The first-order valence-electron chi connectivity index (χ1n) is 9.51. The van der Waals surface area contributed by atoms with Gasteiger partial charge in [-0.1, -0.05) is 29.8 Å². The lowest BCUT2D eigenvalue weighted by atomic mass is 10.1. The van der Waals surface area contributed by atoms with Crippen LogP contribution in [0.15, 0.2) is 59.5 Å². The van der Waals surface area contributed by atoms with Crippen LogP contribution in [0.2, 0.25) is 0 Å². The van der Waals surface area contributed by atoms with Crippen molar-refractivity contribution in [2.75, 3.05) is 5.32 Å². The van der Waals surface area contributed by atoms with Crippen molar-refractivity contribution < 1.29 is 4.79 Å². The topological polar surface area (TPSA) is 64.0 Å². The Hall–Kier alpha value is -3.03. The number of anilines is 1. The first-order valence-corrected chi connectivity index (χ1v) is 11.1. The predicted octanol–water partition coefficient (Wildman–Crippen LogP) is 5.26. The molecule has 3 aromatic heterocycles. The van der Waals surface area contributed by atoms with Gasteiger partial charge in [0.15, 0.2) is 5.13 Å². The number of hydrogen-bond acceptors (Lipinski definition) is 5. The molecule has 0 bridgehead atoms. The number of aromatic nitrogens is 2. The summed E-state index contributed by atoms with van der Waals surface area (Å²) in [5, 5.41) is 3.29. The summed E-state index contributed by atoms with van der Waals surface area (Å²) in [5.74, 6) is -0.443. The minimum Gasteiger partial charge on any atom is -0.310 e. The van der Waals surface area contributed by atoms with E-state index in [1.165, 1.54) is 16.2 Å². The lowest BCUT2D eigenvalue weighted by molar-refractivity contribution is 0.102. The van der Waals surface area contributed by atoms with Crippen LogP contribution in [0, 0.1) is 20.8 Å². The molecule has 5 nitrogen and oxygen atoms in total. The summed E-state index contributed by atoms with van der Waals surface area (Å²) < 4.78 is 1.55. The van der Waals surface area contributed by atoms with Gasteiger partial charge >= 0.3 is 0 Å². The second kappa shape index (κ2) is 8.38. The number of amides is 1. The van der Waals surface area contributed by atoms with E-state index in [1.54, 1.807) is 34.2 Å². The number of pyridine rings is 1. The normalized spacial score (nSPS) is 10.9. The number of carbonyl (C=O) groups is 1. The Kier molecular flexibility index (Phi) is 5.65. The van der Waals surface area contributed by atoms with E-state index in [4.69, 9.17) is 0 Å². The monoisotopic (exact) mass is 435 g/mol. The van der Waals surface area contributed by atoms with Crippen LogP contribution < -0.4 is 10.9 Å². The number of thiazole rings is 1. The van der Waals surface area contributed by atoms with Crippen molar-refractivity contribution in [3.8, 4) is 10.6 Å². The SMILES string of the molecule is Cc1cccc(Cn2cccc(C(=O)Nc3nc(-c4ccc(C)s4)c(C)s3)c2=O)c1. The van der Waals surface area contributed by atoms with Gasteiger partial charge in [0, 0.05) is 16.0 Å². The highest BCUT2D eigenvalue weighted by atomic mass is 32.1. The van der Waals surface area contributed by atoms with Crippen molar-refractivity contribution in [3.05, 3.63) is 91.5 Å². The fourth-order valence-electron chi connectivity index (χ4n) is 3.25. The molecule has 3 heterocycles. The van der Waals surface area contributed by atoms with E-state index in [-0.39, 0.29) is 11.1 Å². The van der Waals surface area contributed by atoms with Gasteiger partial charge in [-0.2, -0.15) is 0 Å². The zero-order valence-corrected chi connectivity index (χ0v) is 18.6. The highest BCUT2D eigenvalue weighted by Gasteiger charge is 2.17. The maximum absolute atomic E-state index is 12.9. The summed E-state index contributed by atoms with van der Waals surface area (Å²) in [4.78, 5) is 33.6. The second-order valence-corrected chi connectivity index (χ2v) is 9.62. The van der Waals surface area contributed by atoms with Gasteiger partial charge < -0.3 is 4.57 Å². The van der Waals surface area contributed by atoms with Crippen LogP contribution >= 0.6 is 22.7 Å². The molecule has 0 aliphatic carbocycles. The molecule has 0 saturated carbocycles. The number of benzene rings is 1. The minimum atomic E-state index is -0.443. The molecule has 30 heavy (non-hydrogen) atoms. The molecule has 1 amide bonds. The summed E-state index contributed by atoms with van der Waals surface area (Å²) in [6.45, 7) is 6.46. The summed E-state index contributed by atoms with van der Waals surface area (Å²) in [7, 11) is 0. The highest BCUT2D eigenvalue weighted by molar-refractivity contribution is 7.18. The summed E-state index contributed by atoms with van der Waals surface area (Å²) in [5.41, 5.74) is 2.80. The number of thiophene rings is 1. The highest BCUT2D eigenvalue weighted by Crippen LogP contribution is 2.34. The number of carbonyl (C=O) groups excluding carboxylic acids is 1. The van der Waals surface area contributed by atoms with Crippen LogP contribution in [0.4, 0.5) is 5.13 Å². The Balaban J connectivity index is 1.56. The fraction of sp³-hybridized carbons (Fsp3) is 0.174. The van der Waals surface area contributed by atoms with Crippen LogP contribution in [0.3, 0.4) is 0 Å². The first-order chi connectivity index (χ1) is 14.4. The smallest absolute Gasteiger partial charge is 0.263 e. The van der Waals surface area contributed by atoms with Gasteiger partial charge in [-0.15, -0.1) is 22.7 Å². The maximum Gasteiger partial charge on any atom is 0.263 e. The minimum absolute atomic E-state index is 0.103. The molecule has 0 unspecified atom stereocenters. The molecule has 0 aliphatic rings. The molecule has 152 valence electrons.